The molecule has 1 aliphatic heterocycles. The van der Waals surface area contributed by atoms with E-state index in [4.69, 9.17) is 23.2 Å². The average molecular weight is 355 g/mol. The monoisotopic (exact) mass is 354 g/mol. The molecule has 2 rings (SSSR count). The van der Waals surface area contributed by atoms with Crippen LogP contribution in [0.4, 0.5) is 13.2 Å². The van der Waals surface area contributed by atoms with Crippen molar-refractivity contribution >= 4 is 35.0 Å². The van der Waals surface area contributed by atoms with Crippen LogP contribution in [0.15, 0.2) is 18.2 Å². The molecule has 1 aliphatic rings. The molecule has 1 aromatic rings. The van der Waals surface area contributed by atoms with Gasteiger partial charge in [0.05, 0.1) is 10.0 Å². The normalized spacial score (nSPS) is 15.9. The minimum atomic E-state index is -4.89. The highest BCUT2D eigenvalue weighted by atomic mass is 35.5. The summed E-state index contributed by atoms with van der Waals surface area (Å²) in [6.45, 7) is -0.265. The van der Waals surface area contributed by atoms with Crippen LogP contribution in [0.5, 0.6) is 0 Å². The van der Waals surface area contributed by atoms with Crippen LogP contribution < -0.4 is 0 Å². The first-order valence-corrected chi connectivity index (χ1v) is 7.06. The number of hydrogen-bond donors (Lipinski definition) is 0. The maximum atomic E-state index is 12.3. The van der Waals surface area contributed by atoms with Gasteiger partial charge in [0.2, 0.25) is 0 Å². The molecular formula is C13H11Cl2F3N2O2. The Morgan fingerprint density at radius 1 is 0.955 bits per heavy atom. The number of alkyl halides is 3. The van der Waals surface area contributed by atoms with E-state index in [1.807, 2.05) is 0 Å². The Hall–Kier alpha value is -1.47. The zero-order chi connectivity index (χ0) is 16.5. The van der Waals surface area contributed by atoms with Crippen LogP contribution in [0, 0.1) is 0 Å². The van der Waals surface area contributed by atoms with Crippen molar-refractivity contribution in [1.29, 1.82) is 0 Å². The molecule has 0 N–H and O–H groups in total. The highest BCUT2D eigenvalue weighted by molar-refractivity contribution is 6.42. The van der Waals surface area contributed by atoms with Gasteiger partial charge < -0.3 is 9.80 Å². The highest BCUT2D eigenvalue weighted by Gasteiger charge is 2.43. The maximum Gasteiger partial charge on any atom is 0.471 e. The summed E-state index contributed by atoms with van der Waals surface area (Å²) in [5.74, 6) is -2.24. The lowest BCUT2D eigenvalue weighted by Gasteiger charge is -2.35. The molecule has 0 unspecified atom stereocenters. The summed E-state index contributed by atoms with van der Waals surface area (Å²) < 4.78 is 37.0. The molecule has 0 saturated carbocycles. The van der Waals surface area contributed by atoms with Gasteiger partial charge in [-0.25, -0.2) is 0 Å². The van der Waals surface area contributed by atoms with Gasteiger partial charge in [0.15, 0.2) is 0 Å². The van der Waals surface area contributed by atoms with Gasteiger partial charge in [-0.1, -0.05) is 23.2 Å². The van der Waals surface area contributed by atoms with E-state index in [9.17, 15) is 22.8 Å². The second-order valence-electron chi connectivity index (χ2n) is 4.71. The van der Waals surface area contributed by atoms with Gasteiger partial charge in [-0.2, -0.15) is 13.2 Å². The lowest BCUT2D eigenvalue weighted by Crippen LogP contribution is -2.53. The molecule has 1 saturated heterocycles. The number of nitrogens with zero attached hydrogens (tertiary/aromatic N) is 2. The molecule has 0 bridgehead atoms. The Bertz CT molecular complexity index is 599. The molecule has 2 amide bonds. The van der Waals surface area contributed by atoms with Gasteiger partial charge in [0.1, 0.15) is 0 Å². The van der Waals surface area contributed by atoms with Gasteiger partial charge in [0.25, 0.3) is 5.91 Å². The number of hydrogen-bond acceptors (Lipinski definition) is 2. The number of carbonyl (C=O) groups excluding carboxylic acids is 2. The number of rotatable bonds is 1. The van der Waals surface area contributed by atoms with E-state index in [2.05, 4.69) is 0 Å². The van der Waals surface area contributed by atoms with E-state index in [-0.39, 0.29) is 37.1 Å². The Labute approximate surface area is 134 Å². The lowest BCUT2D eigenvalue weighted by atomic mass is 10.2. The Morgan fingerprint density at radius 2 is 1.50 bits per heavy atom. The van der Waals surface area contributed by atoms with Crippen LogP contribution in [0.2, 0.25) is 10.0 Å². The van der Waals surface area contributed by atoms with Crippen LogP contribution in [0.1, 0.15) is 10.4 Å². The quantitative estimate of drug-likeness (QED) is 0.777. The van der Waals surface area contributed by atoms with E-state index in [1.165, 1.54) is 23.1 Å². The molecule has 22 heavy (non-hydrogen) atoms. The van der Waals surface area contributed by atoms with Crippen molar-refractivity contribution in [2.24, 2.45) is 0 Å². The number of carbonyl (C=O) groups is 2. The first kappa shape index (κ1) is 16.9. The minimum absolute atomic E-state index is 0.0287. The van der Waals surface area contributed by atoms with Crippen molar-refractivity contribution in [3.05, 3.63) is 33.8 Å². The summed E-state index contributed by atoms with van der Waals surface area (Å²) in [6, 6.07) is 4.36. The third kappa shape index (κ3) is 3.64. The molecule has 1 aromatic carbocycles. The van der Waals surface area contributed by atoms with Crippen molar-refractivity contribution < 1.29 is 22.8 Å². The van der Waals surface area contributed by atoms with Gasteiger partial charge in [0, 0.05) is 31.7 Å². The molecule has 0 atom stereocenters. The third-order valence-corrected chi connectivity index (χ3v) is 4.00. The Morgan fingerprint density at radius 3 is 2.00 bits per heavy atom. The van der Waals surface area contributed by atoms with Crippen molar-refractivity contribution in [2.45, 2.75) is 6.18 Å². The predicted molar refractivity (Wildman–Crippen MR) is 75.0 cm³/mol. The van der Waals surface area contributed by atoms with Gasteiger partial charge in [-0.15, -0.1) is 0 Å². The molecule has 1 fully saturated rings. The fourth-order valence-electron chi connectivity index (χ4n) is 2.10. The second-order valence-corrected chi connectivity index (χ2v) is 5.53. The maximum absolute atomic E-state index is 12.3. The molecular weight excluding hydrogens is 344 g/mol. The summed E-state index contributed by atoms with van der Waals surface area (Å²) in [6.07, 6.45) is -4.89. The molecule has 0 radical (unpaired) electrons. The molecule has 1 heterocycles. The van der Waals surface area contributed by atoms with E-state index >= 15 is 0 Å². The smallest absolute Gasteiger partial charge is 0.335 e. The van der Waals surface area contributed by atoms with Crippen LogP contribution in [-0.4, -0.2) is 54.0 Å². The largest absolute Gasteiger partial charge is 0.471 e. The molecule has 0 aliphatic carbocycles. The standard InChI is InChI=1S/C13H11Cl2F3N2O2/c14-9-2-1-8(7-10(9)15)11(21)19-3-5-20(6-4-19)12(22)13(16,17)18/h1-2,7H,3-6H2. The van der Waals surface area contributed by atoms with E-state index in [1.54, 1.807) is 0 Å². The number of benzene rings is 1. The van der Waals surface area contributed by atoms with E-state index < -0.39 is 12.1 Å². The number of halogens is 5. The summed E-state index contributed by atoms with van der Waals surface area (Å²) in [4.78, 5) is 25.4. The summed E-state index contributed by atoms with van der Waals surface area (Å²) >= 11 is 11.6. The zero-order valence-corrected chi connectivity index (χ0v) is 12.7. The van der Waals surface area contributed by atoms with Crippen LogP contribution >= 0.6 is 23.2 Å². The van der Waals surface area contributed by atoms with Gasteiger partial charge in [-0.3, -0.25) is 9.59 Å². The zero-order valence-electron chi connectivity index (χ0n) is 11.2. The SMILES string of the molecule is O=C(c1ccc(Cl)c(Cl)c1)N1CCN(C(=O)C(F)(F)F)CC1. The number of amides is 2. The van der Waals surface area contributed by atoms with E-state index in [0.29, 0.717) is 15.5 Å². The lowest BCUT2D eigenvalue weighted by molar-refractivity contribution is -0.186. The molecule has 4 nitrogen and oxygen atoms in total. The Balaban J connectivity index is 2.01. The van der Waals surface area contributed by atoms with Gasteiger partial charge >= 0.3 is 12.1 Å². The molecule has 0 spiro atoms. The Kier molecular flexibility index (Phi) is 4.87. The average Bonchev–Trinajstić information content (AvgIpc) is 2.48. The second kappa shape index (κ2) is 6.34. The van der Waals surface area contributed by atoms with Crippen LogP contribution in [0.3, 0.4) is 0 Å². The third-order valence-electron chi connectivity index (χ3n) is 3.26. The first-order valence-electron chi connectivity index (χ1n) is 6.30. The fourth-order valence-corrected chi connectivity index (χ4v) is 2.40. The fraction of sp³-hybridized carbons (Fsp3) is 0.385. The topological polar surface area (TPSA) is 40.6 Å². The van der Waals surface area contributed by atoms with Crippen LogP contribution in [0.25, 0.3) is 0 Å². The molecule has 0 aromatic heterocycles. The summed E-state index contributed by atoms with van der Waals surface area (Å²) in [7, 11) is 0. The summed E-state index contributed by atoms with van der Waals surface area (Å²) in [5, 5.41) is 0.525. The van der Waals surface area contributed by atoms with E-state index in [0.717, 1.165) is 0 Å². The van der Waals surface area contributed by atoms with Crippen molar-refractivity contribution in [2.75, 3.05) is 26.2 Å². The highest BCUT2D eigenvalue weighted by Crippen LogP contribution is 2.24. The molecule has 9 heteroatoms. The predicted octanol–water partition coefficient (Wildman–Crippen LogP) is 2.84. The number of piperazine rings is 1. The molecule has 120 valence electrons. The minimum Gasteiger partial charge on any atom is -0.335 e. The van der Waals surface area contributed by atoms with Crippen LogP contribution in [-0.2, 0) is 4.79 Å². The van der Waals surface area contributed by atoms with Crippen molar-refractivity contribution in [3.8, 4) is 0 Å². The van der Waals surface area contributed by atoms with Gasteiger partial charge in [-0.05, 0) is 18.2 Å². The first-order chi connectivity index (χ1) is 10.2. The van der Waals surface area contributed by atoms with Crippen molar-refractivity contribution in [3.63, 3.8) is 0 Å². The summed E-state index contributed by atoms with van der Waals surface area (Å²) in [5.41, 5.74) is 0.296. The van der Waals surface area contributed by atoms with Crippen molar-refractivity contribution in [1.82, 2.24) is 9.80 Å².